The fourth-order valence-corrected chi connectivity index (χ4v) is 8.91. The largest absolute Gasteiger partial charge is 0.310 e. The zero-order chi connectivity index (χ0) is 39.1. The van der Waals surface area contributed by atoms with Crippen LogP contribution in [0.1, 0.15) is 30.5 Å². The van der Waals surface area contributed by atoms with Gasteiger partial charge >= 0.3 is 0 Å². The Morgan fingerprint density at radius 1 is 0.441 bits per heavy atom. The standard InChI is InChI=1S/C55H40N4/c1-3-14-37(15-4-1)43-19-13-20-44(36-43)55-57-53(41-17-5-2-6-18-41)56-54(58-55)42-28-26-40(27-29-42)52-46-21-8-7-16-38(46)32-35-47(52)39-30-33-45(34-31-39)59-50-24-11-9-22-48(50)49-23-10-12-25-51(49)59/h1-6,9,11-22,24-36H,7-8,10,23H2. The van der Waals surface area contributed by atoms with Crippen LogP contribution in [0.2, 0.25) is 0 Å². The maximum absolute atomic E-state index is 5.11. The van der Waals surface area contributed by atoms with Gasteiger partial charge in [-0.3, -0.25) is 0 Å². The van der Waals surface area contributed by atoms with E-state index in [0.717, 1.165) is 53.5 Å². The van der Waals surface area contributed by atoms with Gasteiger partial charge < -0.3 is 4.57 Å². The molecule has 0 aliphatic heterocycles. The van der Waals surface area contributed by atoms with Gasteiger partial charge in [0, 0.05) is 33.5 Å². The lowest BCUT2D eigenvalue weighted by molar-refractivity contribution is 0.967. The van der Waals surface area contributed by atoms with Gasteiger partial charge in [0.1, 0.15) is 0 Å². The smallest absolute Gasteiger partial charge is 0.164 e. The van der Waals surface area contributed by atoms with Crippen molar-refractivity contribution in [2.45, 2.75) is 25.7 Å². The van der Waals surface area contributed by atoms with Crippen LogP contribution >= 0.6 is 0 Å². The van der Waals surface area contributed by atoms with Gasteiger partial charge in [-0.05, 0) is 105 Å². The maximum atomic E-state index is 5.11. The lowest BCUT2D eigenvalue weighted by Gasteiger charge is -2.16. The summed E-state index contributed by atoms with van der Waals surface area (Å²) in [6.07, 6.45) is 13.6. The Hall–Kier alpha value is -7.43. The molecule has 2 aromatic heterocycles. The van der Waals surface area contributed by atoms with Crippen molar-refractivity contribution in [3.05, 3.63) is 198 Å². The van der Waals surface area contributed by atoms with E-state index >= 15 is 0 Å². The van der Waals surface area contributed by atoms with Crippen LogP contribution in [0.5, 0.6) is 0 Å². The molecule has 0 amide bonds. The van der Waals surface area contributed by atoms with Gasteiger partial charge in [-0.25, -0.2) is 15.0 Å². The van der Waals surface area contributed by atoms with Gasteiger partial charge in [0.05, 0.1) is 5.52 Å². The highest BCUT2D eigenvalue weighted by atomic mass is 15.0. The number of allylic oxidation sites excluding steroid dienone is 1. The van der Waals surface area contributed by atoms with Crippen LogP contribution in [0, 0.1) is 0 Å². The summed E-state index contributed by atoms with van der Waals surface area (Å²) in [6.45, 7) is 0. The summed E-state index contributed by atoms with van der Waals surface area (Å²) < 4.78 is 2.43. The van der Waals surface area contributed by atoms with E-state index in [0.29, 0.717) is 17.5 Å². The molecule has 4 nitrogen and oxygen atoms in total. The molecule has 0 unspecified atom stereocenters. The van der Waals surface area contributed by atoms with E-state index < -0.39 is 0 Å². The Kier molecular flexibility index (Phi) is 8.74. The lowest BCUT2D eigenvalue weighted by Crippen LogP contribution is -2.29. The summed E-state index contributed by atoms with van der Waals surface area (Å²) in [4.78, 5) is 15.2. The topological polar surface area (TPSA) is 43.6 Å². The number of nitrogens with zero attached hydrogens (tertiary/aromatic N) is 4. The first-order valence-corrected chi connectivity index (χ1v) is 20.6. The summed E-state index contributed by atoms with van der Waals surface area (Å²) in [5, 5.41) is 3.94. The van der Waals surface area contributed by atoms with Crippen molar-refractivity contribution in [3.8, 4) is 73.2 Å². The third-order valence-electron chi connectivity index (χ3n) is 11.8. The molecule has 0 fully saturated rings. The summed E-state index contributed by atoms with van der Waals surface area (Å²) in [6, 6.07) is 60.4. The van der Waals surface area contributed by atoms with Crippen LogP contribution < -0.4 is 10.4 Å². The predicted molar refractivity (Wildman–Crippen MR) is 244 cm³/mol. The highest BCUT2D eigenvalue weighted by Crippen LogP contribution is 2.36. The van der Waals surface area contributed by atoms with Gasteiger partial charge in [-0.1, -0.05) is 164 Å². The quantitative estimate of drug-likeness (QED) is 0.163. The number of benzene rings is 7. The van der Waals surface area contributed by atoms with E-state index in [1.165, 1.54) is 60.5 Å². The van der Waals surface area contributed by atoms with Crippen LogP contribution in [-0.4, -0.2) is 19.5 Å². The van der Waals surface area contributed by atoms with Gasteiger partial charge in [0.25, 0.3) is 0 Å². The normalized spacial score (nSPS) is 13.0. The molecule has 0 radical (unpaired) electrons. The van der Waals surface area contributed by atoms with Gasteiger partial charge in [0.15, 0.2) is 17.5 Å². The average molecular weight is 757 g/mol. The Labute approximate surface area is 343 Å². The molecular formula is C55H40N4. The number of aryl methyl sites for hydroxylation is 1. The van der Waals surface area contributed by atoms with Crippen LogP contribution in [-0.2, 0) is 6.42 Å². The number of aromatic nitrogens is 4. The number of hydrogen-bond acceptors (Lipinski definition) is 3. The van der Waals surface area contributed by atoms with Crippen molar-refractivity contribution >= 4 is 29.1 Å². The first-order chi connectivity index (χ1) is 29.2. The Bertz CT molecular complexity index is 3180. The zero-order valence-electron chi connectivity index (χ0n) is 32.6. The maximum Gasteiger partial charge on any atom is 0.164 e. The molecular weight excluding hydrogens is 717 g/mol. The molecule has 2 aliphatic carbocycles. The molecule has 280 valence electrons. The number of hydrogen-bond donors (Lipinski definition) is 0. The van der Waals surface area contributed by atoms with E-state index in [4.69, 9.17) is 15.0 Å². The molecule has 2 heterocycles. The number of rotatable bonds is 7. The second kappa shape index (κ2) is 14.8. The highest BCUT2D eigenvalue weighted by Gasteiger charge is 2.19. The predicted octanol–water partition coefficient (Wildman–Crippen LogP) is 12.1. The van der Waals surface area contributed by atoms with Gasteiger partial charge in [-0.15, -0.1) is 0 Å². The Morgan fingerprint density at radius 3 is 1.83 bits per heavy atom. The molecule has 0 N–H and O–H groups in total. The molecule has 59 heavy (non-hydrogen) atoms. The van der Waals surface area contributed by atoms with Crippen molar-refractivity contribution in [1.82, 2.24) is 19.5 Å². The van der Waals surface area contributed by atoms with E-state index in [1.807, 2.05) is 24.3 Å². The molecule has 0 saturated carbocycles. The molecule has 0 atom stereocenters. The van der Waals surface area contributed by atoms with Crippen molar-refractivity contribution in [1.29, 1.82) is 0 Å². The number of fused-ring (bicyclic) bond motifs is 4. The second-order valence-corrected chi connectivity index (χ2v) is 15.4. The van der Waals surface area contributed by atoms with Crippen molar-refractivity contribution in [2.75, 3.05) is 0 Å². The minimum atomic E-state index is 0.644. The van der Waals surface area contributed by atoms with Crippen molar-refractivity contribution < 1.29 is 0 Å². The molecule has 7 aromatic carbocycles. The zero-order valence-corrected chi connectivity index (χ0v) is 32.6. The first kappa shape index (κ1) is 34.8. The summed E-state index contributed by atoms with van der Waals surface area (Å²) in [5.74, 6) is 1.94. The van der Waals surface area contributed by atoms with Crippen LogP contribution in [0.25, 0.3) is 102 Å². The number of para-hydroxylation sites is 1. The van der Waals surface area contributed by atoms with E-state index in [-0.39, 0.29) is 0 Å². The molecule has 2 aliphatic rings. The van der Waals surface area contributed by atoms with Crippen molar-refractivity contribution in [3.63, 3.8) is 0 Å². The first-order valence-electron chi connectivity index (χ1n) is 20.6. The monoisotopic (exact) mass is 756 g/mol. The molecule has 0 spiro atoms. The Morgan fingerprint density at radius 2 is 1.05 bits per heavy atom. The van der Waals surface area contributed by atoms with Gasteiger partial charge in [0.2, 0.25) is 0 Å². The summed E-state index contributed by atoms with van der Waals surface area (Å²) in [7, 11) is 0. The highest BCUT2D eigenvalue weighted by molar-refractivity contribution is 5.91. The Balaban J connectivity index is 0.996. The fourth-order valence-electron chi connectivity index (χ4n) is 8.91. The molecule has 0 bridgehead atoms. The molecule has 11 rings (SSSR count). The lowest BCUT2D eigenvalue weighted by atomic mass is 9.89. The molecule has 9 aromatic rings. The van der Waals surface area contributed by atoms with E-state index in [9.17, 15) is 0 Å². The second-order valence-electron chi connectivity index (χ2n) is 15.4. The van der Waals surface area contributed by atoms with Crippen LogP contribution in [0.4, 0.5) is 0 Å². The third-order valence-corrected chi connectivity index (χ3v) is 11.8. The van der Waals surface area contributed by atoms with Gasteiger partial charge in [-0.2, -0.15) is 0 Å². The van der Waals surface area contributed by atoms with Crippen LogP contribution in [0.3, 0.4) is 0 Å². The molecule has 4 heteroatoms. The average Bonchev–Trinajstić information content (AvgIpc) is 3.66. The molecule has 0 saturated heterocycles. The SMILES string of the molecule is C1=Cc2c(c3ccccc3n2-c2ccc(-c3ccc4c(c3-c3ccc(-c5nc(-c6ccccc6)nc(-c6cccc(-c7ccccc7)c6)n5)cc3)=CCCC=4)cc2)CC1. The minimum absolute atomic E-state index is 0.644. The van der Waals surface area contributed by atoms with E-state index in [2.05, 4.69) is 174 Å². The summed E-state index contributed by atoms with van der Waals surface area (Å²) in [5.41, 5.74) is 15.1. The third kappa shape index (κ3) is 6.40. The van der Waals surface area contributed by atoms with E-state index in [1.54, 1.807) is 0 Å². The van der Waals surface area contributed by atoms with Crippen LogP contribution in [0.15, 0.2) is 176 Å². The van der Waals surface area contributed by atoms with Crippen molar-refractivity contribution in [2.24, 2.45) is 0 Å². The minimum Gasteiger partial charge on any atom is -0.310 e. The summed E-state index contributed by atoms with van der Waals surface area (Å²) >= 11 is 0. The fraction of sp³-hybridized carbons (Fsp3) is 0.0727.